The molecular formula is C24H21N4O4S3+. The fourth-order valence-corrected chi connectivity index (χ4v) is 7.42. The minimum atomic E-state index is -1.16. The molecule has 2 aliphatic heterocycles. The number of carboxylic acids is 1. The second kappa shape index (κ2) is 9.84. The Hall–Kier alpha value is -3.15. The number of carboxylic acid groups (broad SMARTS) is 1. The smallest absolute Gasteiger partial charge is 0.353 e. The Balaban J connectivity index is 1.30. The van der Waals surface area contributed by atoms with Crippen molar-refractivity contribution >= 4 is 52.6 Å². The maximum Gasteiger partial charge on any atom is 0.353 e. The summed E-state index contributed by atoms with van der Waals surface area (Å²) in [5.74, 6) is -1.41. The van der Waals surface area contributed by atoms with E-state index in [1.807, 2.05) is 71.9 Å². The first-order valence-electron chi connectivity index (χ1n) is 10.7. The van der Waals surface area contributed by atoms with Crippen LogP contribution >= 0.6 is 34.9 Å². The first-order valence-corrected chi connectivity index (χ1v) is 13.5. The van der Waals surface area contributed by atoms with E-state index < -0.39 is 23.3 Å². The Morgan fingerprint density at radius 1 is 1.26 bits per heavy atom. The van der Waals surface area contributed by atoms with Crippen molar-refractivity contribution in [3.05, 3.63) is 76.4 Å². The summed E-state index contributed by atoms with van der Waals surface area (Å²) in [6, 6.07) is 12.4. The molecule has 1 aromatic carbocycles. The predicted molar refractivity (Wildman–Crippen MR) is 134 cm³/mol. The molecule has 0 bridgehead atoms. The summed E-state index contributed by atoms with van der Waals surface area (Å²) in [5, 5.41) is 14.2. The van der Waals surface area contributed by atoms with Gasteiger partial charge >= 0.3 is 5.97 Å². The number of aromatic nitrogens is 2. The molecule has 8 nitrogen and oxygen atoms in total. The molecule has 178 valence electrons. The van der Waals surface area contributed by atoms with Crippen molar-refractivity contribution in [1.29, 1.82) is 0 Å². The van der Waals surface area contributed by atoms with E-state index in [4.69, 9.17) is 0 Å². The van der Waals surface area contributed by atoms with Crippen LogP contribution in [0.1, 0.15) is 5.56 Å². The number of hydrogen-bond acceptors (Lipinski definition) is 7. The second-order valence-electron chi connectivity index (χ2n) is 8.05. The van der Waals surface area contributed by atoms with Crippen LogP contribution in [0.4, 0.5) is 0 Å². The number of β-lactam (4-membered cyclic amide) rings is 1. The zero-order chi connectivity index (χ0) is 24.5. The molecule has 5 rings (SSSR count). The zero-order valence-corrected chi connectivity index (χ0v) is 21.0. The monoisotopic (exact) mass is 525 g/mol. The second-order valence-corrected chi connectivity index (χ2v) is 11.4. The van der Waals surface area contributed by atoms with Crippen LogP contribution in [-0.2, 0) is 27.9 Å². The lowest BCUT2D eigenvalue weighted by atomic mass is 10.0. The number of fused-ring (bicyclic) bond motifs is 1. The Bertz CT molecular complexity index is 1340. The van der Waals surface area contributed by atoms with Crippen LogP contribution in [0.2, 0.25) is 0 Å². The van der Waals surface area contributed by atoms with E-state index in [1.165, 1.54) is 39.8 Å². The van der Waals surface area contributed by atoms with Crippen molar-refractivity contribution in [3.63, 3.8) is 0 Å². The molecule has 2 atom stereocenters. The number of pyridine rings is 1. The number of carbonyl (C=O) groups excluding carboxylic acids is 2. The Morgan fingerprint density at radius 2 is 2.06 bits per heavy atom. The van der Waals surface area contributed by atoms with Crippen molar-refractivity contribution in [2.75, 3.05) is 5.75 Å². The van der Waals surface area contributed by atoms with Gasteiger partial charge in [-0.3, -0.25) is 14.5 Å². The largest absolute Gasteiger partial charge is 0.477 e. The molecule has 0 aliphatic carbocycles. The molecule has 35 heavy (non-hydrogen) atoms. The Kier molecular flexibility index (Phi) is 6.63. The van der Waals surface area contributed by atoms with Crippen molar-refractivity contribution < 1.29 is 24.1 Å². The number of carbonyl (C=O) groups is 3. The Morgan fingerprint density at radius 3 is 2.80 bits per heavy atom. The molecule has 2 N–H and O–H groups in total. The average molecular weight is 526 g/mol. The summed E-state index contributed by atoms with van der Waals surface area (Å²) >= 11 is 4.16. The van der Waals surface area contributed by atoms with E-state index in [1.54, 1.807) is 0 Å². The number of thioether (sulfide) groups is 2. The highest BCUT2D eigenvalue weighted by Gasteiger charge is 2.54. The molecule has 0 saturated carbocycles. The first-order chi connectivity index (χ1) is 16.9. The van der Waals surface area contributed by atoms with Crippen LogP contribution in [0, 0.1) is 0 Å². The number of aryl methyl sites for hydroxylation is 1. The summed E-state index contributed by atoms with van der Waals surface area (Å²) in [4.78, 5) is 44.0. The topological polar surface area (TPSA) is 103 Å². The van der Waals surface area contributed by atoms with Crippen LogP contribution in [-0.4, -0.2) is 49.9 Å². The van der Waals surface area contributed by atoms with E-state index in [9.17, 15) is 19.5 Å². The maximum atomic E-state index is 12.9. The third kappa shape index (κ3) is 4.84. The van der Waals surface area contributed by atoms with E-state index in [-0.39, 0.29) is 18.0 Å². The van der Waals surface area contributed by atoms with Crippen LogP contribution in [0.5, 0.6) is 0 Å². The molecule has 0 unspecified atom stereocenters. The number of hydrogen-bond donors (Lipinski definition) is 2. The molecule has 0 radical (unpaired) electrons. The summed E-state index contributed by atoms with van der Waals surface area (Å²) in [6.07, 6.45) is 4.07. The molecule has 11 heteroatoms. The maximum absolute atomic E-state index is 12.9. The number of thiazole rings is 1. The number of rotatable bonds is 7. The third-order valence-corrected chi connectivity index (χ3v) is 9.07. The highest BCUT2D eigenvalue weighted by Crippen LogP contribution is 2.46. The minimum absolute atomic E-state index is 0.0276. The van der Waals surface area contributed by atoms with Crippen LogP contribution < -0.4 is 9.88 Å². The van der Waals surface area contributed by atoms with Gasteiger partial charge in [-0.1, -0.05) is 42.1 Å². The number of benzene rings is 1. The van der Waals surface area contributed by atoms with E-state index in [0.717, 1.165) is 16.8 Å². The lowest BCUT2D eigenvalue weighted by molar-refractivity contribution is -0.671. The van der Waals surface area contributed by atoms with Gasteiger partial charge in [0.15, 0.2) is 16.7 Å². The first kappa shape index (κ1) is 23.6. The quantitative estimate of drug-likeness (QED) is 0.361. The van der Waals surface area contributed by atoms with Crippen molar-refractivity contribution in [1.82, 2.24) is 15.2 Å². The van der Waals surface area contributed by atoms with Gasteiger partial charge in [-0.05, 0) is 11.6 Å². The highest BCUT2D eigenvalue weighted by atomic mass is 32.2. The summed E-state index contributed by atoms with van der Waals surface area (Å²) < 4.78 is 2.65. The number of aliphatic carboxylic acids is 1. The lowest BCUT2D eigenvalue weighted by Crippen LogP contribution is -2.70. The van der Waals surface area contributed by atoms with Crippen LogP contribution in [0.15, 0.2) is 75.2 Å². The van der Waals surface area contributed by atoms with Gasteiger partial charge in [-0.15, -0.1) is 23.1 Å². The van der Waals surface area contributed by atoms with Gasteiger partial charge in [-0.2, -0.15) is 0 Å². The molecule has 2 aliphatic rings. The standard InChI is InChI=1S/C24H20N4O4S3/c1-27-9-5-8-15(11-27)16-12-34-24(25-16)35-17-13-33-22-19(21(30)28(22)20(17)23(31)32)26-18(29)10-14-6-3-2-4-7-14/h2-9,11-12,19,22H,10,13H2,1H3,(H-,26,29,31,32)/p+1/t19-,22-/m1/s1. The molecule has 1 saturated heterocycles. The van der Waals surface area contributed by atoms with E-state index in [0.29, 0.717) is 15.0 Å². The number of amides is 2. The highest BCUT2D eigenvalue weighted by molar-refractivity contribution is 8.07. The molecule has 1 fully saturated rings. The third-order valence-electron chi connectivity index (χ3n) is 5.59. The van der Waals surface area contributed by atoms with Gasteiger partial charge < -0.3 is 10.4 Å². The van der Waals surface area contributed by atoms with Gasteiger partial charge in [0.1, 0.15) is 24.2 Å². The lowest BCUT2D eigenvalue weighted by Gasteiger charge is -2.49. The summed E-state index contributed by atoms with van der Waals surface area (Å²) in [6.45, 7) is 0. The predicted octanol–water partition coefficient (Wildman–Crippen LogP) is 2.67. The van der Waals surface area contributed by atoms with Crippen molar-refractivity contribution in [2.24, 2.45) is 7.05 Å². The average Bonchev–Trinajstić information content (AvgIpc) is 3.31. The summed E-state index contributed by atoms with van der Waals surface area (Å²) in [5.41, 5.74) is 2.60. The molecule has 0 spiro atoms. The number of nitrogens with zero attached hydrogens (tertiary/aromatic N) is 3. The normalized spacial score (nSPS) is 19.2. The van der Waals surface area contributed by atoms with Gasteiger partial charge in [0.2, 0.25) is 5.91 Å². The fraction of sp³-hybridized carbons (Fsp3) is 0.208. The fourth-order valence-electron chi connectivity index (χ4n) is 3.96. The molecule has 2 amide bonds. The van der Waals surface area contributed by atoms with Gasteiger partial charge in [0, 0.05) is 22.1 Å². The van der Waals surface area contributed by atoms with Crippen LogP contribution in [0.3, 0.4) is 0 Å². The zero-order valence-electron chi connectivity index (χ0n) is 18.6. The van der Waals surface area contributed by atoms with E-state index >= 15 is 0 Å². The van der Waals surface area contributed by atoms with E-state index in [2.05, 4.69) is 10.3 Å². The van der Waals surface area contributed by atoms with Crippen molar-refractivity contribution in [3.8, 4) is 11.3 Å². The number of nitrogens with one attached hydrogen (secondary N) is 1. The SMILES string of the molecule is C[n+]1cccc(-c2csc(SC3=C(C(=O)O)N4C(=O)[C@@H](NC(=O)Cc5ccccc5)[C@H]4SC3)n2)c1. The van der Waals surface area contributed by atoms with Gasteiger partial charge in [0.25, 0.3) is 5.91 Å². The van der Waals surface area contributed by atoms with Crippen molar-refractivity contribution in [2.45, 2.75) is 22.2 Å². The van der Waals surface area contributed by atoms with Gasteiger partial charge in [-0.25, -0.2) is 14.3 Å². The molecule has 4 heterocycles. The molecular weight excluding hydrogens is 504 g/mol. The van der Waals surface area contributed by atoms with Crippen LogP contribution in [0.25, 0.3) is 11.3 Å². The molecule has 3 aromatic rings. The molecule has 2 aromatic heterocycles. The minimum Gasteiger partial charge on any atom is -0.477 e. The van der Waals surface area contributed by atoms with Gasteiger partial charge in [0.05, 0.1) is 17.7 Å². The summed E-state index contributed by atoms with van der Waals surface area (Å²) in [7, 11) is 1.94. The Labute approximate surface area is 214 Å².